The molecule has 0 aliphatic carbocycles. The van der Waals surface area contributed by atoms with Crippen molar-refractivity contribution >= 4 is 11.9 Å². The lowest BCUT2D eigenvalue weighted by atomic mass is 9.90. The number of ether oxygens (including phenoxy) is 1. The van der Waals surface area contributed by atoms with E-state index < -0.39 is 5.97 Å². The quantitative estimate of drug-likeness (QED) is 0.849. The second kappa shape index (κ2) is 7.43. The fraction of sp³-hybridized carbons (Fsp3) is 0.556. The maximum atomic E-state index is 12.4. The Kier molecular flexibility index (Phi) is 6.15. The molecule has 0 radical (unpaired) electrons. The van der Waals surface area contributed by atoms with Crippen LogP contribution in [-0.4, -0.2) is 24.5 Å². The average Bonchev–Trinajstić information content (AvgIpc) is 2.49. The van der Waals surface area contributed by atoms with Gasteiger partial charge in [-0.05, 0) is 75.8 Å². The molecule has 0 unspecified atom stereocenters. The van der Waals surface area contributed by atoms with Crippen LogP contribution in [0.2, 0.25) is 0 Å². The van der Waals surface area contributed by atoms with Crippen molar-refractivity contribution in [3.8, 4) is 0 Å². The van der Waals surface area contributed by atoms with Crippen LogP contribution in [-0.2, 0) is 9.53 Å². The minimum absolute atomic E-state index is 0.0820. The van der Waals surface area contributed by atoms with E-state index in [4.69, 9.17) is 4.74 Å². The van der Waals surface area contributed by atoms with E-state index in [1.807, 2.05) is 41.5 Å². The molecule has 0 aromatic heterocycles. The number of benzene rings is 1. The van der Waals surface area contributed by atoms with Crippen molar-refractivity contribution in [3.63, 3.8) is 0 Å². The lowest BCUT2D eigenvalue weighted by Crippen LogP contribution is -2.35. The Morgan fingerprint density at radius 2 is 1.41 bits per heavy atom. The molecular formula is C18H27NO3. The van der Waals surface area contributed by atoms with Gasteiger partial charge in [-0.3, -0.25) is 4.79 Å². The van der Waals surface area contributed by atoms with E-state index in [1.165, 1.54) is 5.56 Å². The molecule has 0 heterocycles. The normalized spacial score (nSPS) is 12.0. The molecule has 0 aliphatic rings. The standard InChI is InChI=1S/C18H27NO3/c1-8-10(2)19-16(20)9-22-18(21)17-14(6)12(4)11(3)13(5)15(17)7/h10H,8-9H2,1-7H3,(H,19,20)/t10-/m0/s1. The van der Waals surface area contributed by atoms with Crippen molar-refractivity contribution in [2.24, 2.45) is 0 Å². The molecule has 0 saturated heterocycles. The van der Waals surface area contributed by atoms with Crippen LogP contribution in [0.15, 0.2) is 0 Å². The second-order valence-corrected chi connectivity index (χ2v) is 5.95. The van der Waals surface area contributed by atoms with E-state index >= 15 is 0 Å². The van der Waals surface area contributed by atoms with E-state index in [1.54, 1.807) is 0 Å². The summed E-state index contributed by atoms with van der Waals surface area (Å²) in [4.78, 5) is 24.1. The van der Waals surface area contributed by atoms with Crippen molar-refractivity contribution in [3.05, 3.63) is 33.4 Å². The Bertz CT molecular complexity index is 561. The van der Waals surface area contributed by atoms with E-state index in [0.717, 1.165) is 28.7 Å². The number of nitrogens with one attached hydrogen (secondary N) is 1. The zero-order valence-electron chi connectivity index (χ0n) is 14.7. The molecule has 122 valence electrons. The third-order valence-corrected chi connectivity index (χ3v) is 4.56. The zero-order chi connectivity index (χ0) is 17.0. The lowest BCUT2D eigenvalue weighted by Gasteiger charge is -2.18. The highest BCUT2D eigenvalue weighted by Crippen LogP contribution is 2.26. The van der Waals surface area contributed by atoms with Crippen molar-refractivity contribution in [2.45, 2.75) is 60.9 Å². The Hall–Kier alpha value is -1.84. The number of hydrogen-bond donors (Lipinski definition) is 1. The Morgan fingerprint density at radius 3 is 1.86 bits per heavy atom. The Labute approximate surface area is 133 Å². The number of amides is 1. The molecule has 1 aromatic rings. The van der Waals surface area contributed by atoms with Crippen LogP contribution in [0.25, 0.3) is 0 Å². The first-order valence-corrected chi connectivity index (χ1v) is 7.74. The highest BCUT2D eigenvalue weighted by molar-refractivity contribution is 5.95. The number of carbonyl (C=O) groups excluding carboxylic acids is 2. The van der Waals surface area contributed by atoms with Gasteiger partial charge < -0.3 is 10.1 Å². The molecule has 1 N–H and O–H groups in total. The molecular weight excluding hydrogens is 278 g/mol. The maximum Gasteiger partial charge on any atom is 0.339 e. The molecule has 1 rings (SSSR count). The SMILES string of the molecule is CC[C@H](C)NC(=O)COC(=O)c1c(C)c(C)c(C)c(C)c1C. The number of carbonyl (C=O) groups is 2. The summed E-state index contributed by atoms with van der Waals surface area (Å²) >= 11 is 0. The van der Waals surface area contributed by atoms with Crippen molar-refractivity contribution in [2.75, 3.05) is 6.61 Å². The summed E-state index contributed by atoms with van der Waals surface area (Å²) in [5, 5.41) is 2.78. The van der Waals surface area contributed by atoms with Crippen LogP contribution in [0.5, 0.6) is 0 Å². The number of esters is 1. The van der Waals surface area contributed by atoms with Gasteiger partial charge in [0.2, 0.25) is 0 Å². The molecule has 0 bridgehead atoms. The van der Waals surface area contributed by atoms with Gasteiger partial charge in [0.1, 0.15) is 0 Å². The Balaban J connectivity index is 2.90. The van der Waals surface area contributed by atoms with Gasteiger partial charge in [-0.25, -0.2) is 4.79 Å². The molecule has 0 aliphatic heterocycles. The summed E-state index contributed by atoms with van der Waals surface area (Å²) in [7, 11) is 0. The fourth-order valence-electron chi connectivity index (χ4n) is 2.43. The minimum Gasteiger partial charge on any atom is -0.452 e. The van der Waals surface area contributed by atoms with Gasteiger partial charge in [-0.2, -0.15) is 0 Å². The van der Waals surface area contributed by atoms with Crippen LogP contribution in [0, 0.1) is 34.6 Å². The van der Waals surface area contributed by atoms with Crippen LogP contribution < -0.4 is 5.32 Å². The van der Waals surface area contributed by atoms with Crippen LogP contribution in [0.4, 0.5) is 0 Å². The summed E-state index contributed by atoms with van der Waals surface area (Å²) in [6, 6.07) is 0.0820. The average molecular weight is 305 g/mol. The third-order valence-electron chi connectivity index (χ3n) is 4.56. The maximum absolute atomic E-state index is 12.4. The topological polar surface area (TPSA) is 55.4 Å². The Morgan fingerprint density at radius 1 is 0.955 bits per heavy atom. The predicted molar refractivity (Wildman–Crippen MR) is 88.3 cm³/mol. The van der Waals surface area contributed by atoms with Gasteiger partial charge >= 0.3 is 5.97 Å². The van der Waals surface area contributed by atoms with Crippen LogP contribution in [0.3, 0.4) is 0 Å². The molecule has 22 heavy (non-hydrogen) atoms. The van der Waals surface area contributed by atoms with Crippen molar-refractivity contribution in [1.29, 1.82) is 0 Å². The van der Waals surface area contributed by atoms with Crippen LogP contribution in [0.1, 0.15) is 58.4 Å². The summed E-state index contributed by atoms with van der Waals surface area (Å²) in [5.74, 6) is -0.695. The monoisotopic (exact) mass is 305 g/mol. The molecule has 1 atom stereocenters. The van der Waals surface area contributed by atoms with E-state index in [0.29, 0.717) is 5.56 Å². The number of rotatable bonds is 5. The molecule has 4 heteroatoms. The number of hydrogen-bond acceptors (Lipinski definition) is 3. The van der Waals surface area contributed by atoms with Gasteiger partial charge in [0, 0.05) is 6.04 Å². The van der Waals surface area contributed by atoms with Gasteiger partial charge in [0.15, 0.2) is 6.61 Å². The first kappa shape index (κ1) is 18.2. The molecule has 0 fully saturated rings. The summed E-state index contributed by atoms with van der Waals surface area (Å²) in [6.45, 7) is 13.6. The predicted octanol–water partition coefficient (Wildman–Crippen LogP) is 3.30. The molecule has 1 amide bonds. The second-order valence-electron chi connectivity index (χ2n) is 5.95. The molecule has 4 nitrogen and oxygen atoms in total. The van der Waals surface area contributed by atoms with Crippen molar-refractivity contribution in [1.82, 2.24) is 5.32 Å². The highest BCUT2D eigenvalue weighted by atomic mass is 16.5. The van der Waals surface area contributed by atoms with E-state index in [2.05, 4.69) is 12.2 Å². The van der Waals surface area contributed by atoms with Gasteiger partial charge in [0.05, 0.1) is 5.56 Å². The highest BCUT2D eigenvalue weighted by Gasteiger charge is 2.20. The summed E-state index contributed by atoms with van der Waals surface area (Å²) in [6.07, 6.45) is 0.842. The van der Waals surface area contributed by atoms with Crippen LogP contribution >= 0.6 is 0 Å². The van der Waals surface area contributed by atoms with Gasteiger partial charge in [0.25, 0.3) is 5.91 Å². The third kappa shape index (κ3) is 3.87. The largest absolute Gasteiger partial charge is 0.452 e. The summed E-state index contributed by atoms with van der Waals surface area (Å²) in [5.41, 5.74) is 5.82. The summed E-state index contributed by atoms with van der Waals surface area (Å²) < 4.78 is 5.20. The van der Waals surface area contributed by atoms with Gasteiger partial charge in [-0.15, -0.1) is 0 Å². The minimum atomic E-state index is -0.430. The zero-order valence-corrected chi connectivity index (χ0v) is 14.7. The molecule has 0 spiro atoms. The van der Waals surface area contributed by atoms with Gasteiger partial charge in [-0.1, -0.05) is 6.92 Å². The first-order chi connectivity index (χ1) is 10.2. The van der Waals surface area contributed by atoms with E-state index in [-0.39, 0.29) is 18.6 Å². The molecule has 1 aromatic carbocycles. The fourth-order valence-corrected chi connectivity index (χ4v) is 2.43. The molecule has 0 saturated carbocycles. The first-order valence-electron chi connectivity index (χ1n) is 7.74. The lowest BCUT2D eigenvalue weighted by molar-refractivity contribution is -0.124. The van der Waals surface area contributed by atoms with E-state index in [9.17, 15) is 9.59 Å². The smallest absolute Gasteiger partial charge is 0.339 e. The van der Waals surface area contributed by atoms with Crippen molar-refractivity contribution < 1.29 is 14.3 Å².